The molecule has 1 aromatic rings. The third kappa shape index (κ3) is 3.36. The van der Waals surface area contributed by atoms with Crippen molar-refractivity contribution < 1.29 is 31.9 Å². The number of morpholine rings is 1. The minimum atomic E-state index is -1.53. The van der Waals surface area contributed by atoms with Crippen molar-refractivity contribution in [3.8, 4) is 5.75 Å². The number of ether oxygens (including phenoxy) is 2. The van der Waals surface area contributed by atoms with Crippen LogP contribution in [0, 0.1) is 23.3 Å². The molecule has 0 unspecified atom stereocenters. The Morgan fingerprint density at radius 3 is 2.14 bits per heavy atom. The number of quaternary nitrogens is 1. The summed E-state index contributed by atoms with van der Waals surface area (Å²) in [6.45, 7) is 3.30. The lowest BCUT2D eigenvalue weighted by Crippen LogP contribution is -3.13. The molecule has 0 aromatic heterocycles. The first-order valence-corrected chi connectivity index (χ1v) is 6.54. The Balaban J connectivity index is 2.19. The molecule has 0 atom stereocenters. The highest BCUT2D eigenvalue weighted by Crippen LogP contribution is 2.30. The SMILES string of the molecule is COc1c(F)c(F)c(/C=C/C[NH+]2CCOCC2)c(F)c1F. The number of methoxy groups -OCH3 is 1. The van der Waals surface area contributed by atoms with Gasteiger partial charge in [-0.25, -0.2) is 8.78 Å². The molecule has 1 N–H and O–H groups in total. The molecular weight excluding hydrogens is 290 g/mol. The highest BCUT2D eigenvalue weighted by Gasteiger charge is 2.24. The van der Waals surface area contributed by atoms with Crippen LogP contribution in [0.5, 0.6) is 5.75 Å². The summed E-state index contributed by atoms with van der Waals surface area (Å²) in [5.41, 5.74) is -0.738. The second-order valence-electron chi connectivity index (χ2n) is 4.67. The predicted molar refractivity (Wildman–Crippen MR) is 68.2 cm³/mol. The molecule has 0 radical (unpaired) electrons. The van der Waals surface area contributed by atoms with E-state index in [9.17, 15) is 17.6 Å². The molecule has 1 aliphatic rings. The van der Waals surface area contributed by atoms with Gasteiger partial charge in [0.2, 0.25) is 11.6 Å². The lowest BCUT2D eigenvalue weighted by molar-refractivity contribution is -0.902. The molecule has 0 saturated carbocycles. The summed E-state index contributed by atoms with van der Waals surface area (Å²) in [4.78, 5) is 1.17. The van der Waals surface area contributed by atoms with E-state index in [0.29, 0.717) is 19.8 Å². The third-order valence-corrected chi connectivity index (χ3v) is 3.35. The molecular formula is C14H16F4NO2+. The van der Waals surface area contributed by atoms with E-state index < -0.39 is 34.6 Å². The van der Waals surface area contributed by atoms with E-state index >= 15 is 0 Å². The summed E-state index contributed by atoms with van der Waals surface area (Å²) < 4.78 is 64.0. The number of benzene rings is 1. The van der Waals surface area contributed by atoms with Crippen LogP contribution in [0.25, 0.3) is 6.08 Å². The molecule has 1 aromatic carbocycles. The van der Waals surface area contributed by atoms with Gasteiger partial charge in [-0.3, -0.25) is 0 Å². The first-order chi connectivity index (χ1) is 10.1. The lowest BCUT2D eigenvalue weighted by Gasteiger charge is -2.22. The summed E-state index contributed by atoms with van der Waals surface area (Å²) in [6, 6.07) is 0. The lowest BCUT2D eigenvalue weighted by atomic mass is 10.1. The van der Waals surface area contributed by atoms with Gasteiger partial charge >= 0.3 is 0 Å². The Kier molecular flexibility index (Phi) is 5.19. The van der Waals surface area contributed by atoms with Crippen LogP contribution >= 0.6 is 0 Å². The first kappa shape index (κ1) is 15.8. The monoisotopic (exact) mass is 306 g/mol. The number of hydrogen-bond donors (Lipinski definition) is 1. The van der Waals surface area contributed by atoms with Crippen molar-refractivity contribution >= 4 is 6.08 Å². The van der Waals surface area contributed by atoms with E-state index in [-0.39, 0.29) is 0 Å². The zero-order valence-corrected chi connectivity index (χ0v) is 11.5. The van der Waals surface area contributed by atoms with Crippen molar-refractivity contribution in [2.45, 2.75) is 0 Å². The first-order valence-electron chi connectivity index (χ1n) is 6.54. The van der Waals surface area contributed by atoms with Crippen LogP contribution in [0.1, 0.15) is 5.56 Å². The molecule has 2 rings (SSSR count). The summed E-state index contributed by atoms with van der Waals surface area (Å²) >= 11 is 0. The number of rotatable bonds is 4. The molecule has 116 valence electrons. The van der Waals surface area contributed by atoms with Gasteiger partial charge in [-0.15, -0.1) is 0 Å². The molecule has 0 amide bonds. The van der Waals surface area contributed by atoms with Crippen molar-refractivity contribution in [2.75, 3.05) is 40.0 Å². The van der Waals surface area contributed by atoms with Gasteiger partial charge in [-0.2, -0.15) is 8.78 Å². The van der Waals surface area contributed by atoms with Crippen LogP contribution < -0.4 is 9.64 Å². The van der Waals surface area contributed by atoms with Crippen LogP contribution in [0.3, 0.4) is 0 Å². The largest absolute Gasteiger partial charge is 0.491 e. The molecule has 21 heavy (non-hydrogen) atoms. The van der Waals surface area contributed by atoms with Gasteiger partial charge in [0.15, 0.2) is 17.4 Å². The maximum absolute atomic E-state index is 13.7. The number of hydrogen-bond acceptors (Lipinski definition) is 2. The average Bonchev–Trinajstić information content (AvgIpc) is 2.50. The quantitative estimate of drug-likeness (QED) is 0.667. The summed E-state index contributed by atoms with van der Waals surface area (Å²) in [7, 11) is 0.942. The molecule has 1 aliphatic heterocycles. The maximum atomic E-state index is 13.7. The van der Waals surface area contributed by atoms with Crippen molar-refractivity contribution in [3.05, 3.63) is 34.9 Å². The third-order valence-electron chi connectivity index (χ3n) is 3.35. The second-order valence-corrected chi connectivity index (χ2v) is 4.67. The molecule has 1 heterocycles. The second kappa shape index (κ2) is 6.91. The zero-order valence-electron chi connectivity index (χ0n) is 11.5. The van der Waals surface area contributed by atoms with Gasteiger partial charge in [0.05, 0.1) is 32.4 Å². The molecule has 0 bridgehead atoms. The van der Waals surface area contributed by atoms with Gasteiger partial charge in [-0.05, 0) is 12.2 Å². The van der Waals surface area contributed by atoms with Gasteiger partial charge in [-0.1, -0.05) is 0 Å². The standard InChI is InChI=1S/C14H15F4NO2/c1-20-14-12(17)10(15)9(11(16)13(14)18)3-2-4-19-5-7-21-8-6-19/h2-3H,4-8H2,1H3/p+1/b3-2+. The predicted octanol–water partition coefficient (Wildman–Crippen LogP) is 1.18. The van der Waals surface area contributed by atoms with Crippen molar-refractivity contribution in [1.82, 2.24) is 0 Å². The minimum absolute atomic E-state index is 0.498. The summed E-state index contributed by atoms with van der Waals surface area (Å²) in [5, 5.41) is 0. The molecule has 1 saturated heterocycles. The van der Waals surface area contributed by atoms with E-state index in [1.54, 1.807) is 0 Å². The van der Waals surface area contributed by atoms with E-state index in [4.69, 9.17) is 4.74 Å². The summed E-state index contributed by atoms with van der Waals surface area (Å²) in [6.07, 6.45) is 2.55. The Hall–Kier alpha value is -1.60. The van der Waals surface area contributed by atoms with Gasteiger partial charge < -0.3 is 14.4 Å². The Bertz CT molecular complexity index is 513. The minimum Gasteiger partial charge on any atom is -0.491 e. The van der Waals surface area contributed by atoms with Gasteiger partial charge in [0.1, 0.15) is 13.1 Å². The van der Waals surface area contributed by atoms with Crippen molar-refractivity contribution in [3.63, 3.8) is 0 Å². The molecule has 3 nitrogen and oxygen atoms in total. The Labute approximate surface area is 119 Å². The normalized spacial score (nSPS) is 16.6. The van der Waals surface area contributed by atoms with Crippen LogP contribution in [0.15, 0.2) is 6.08 Å². The Morgan fingerprint density at radius 1 is 1.05 bits per heavy atom. The van der Waals surface area contributed by atoms with Crippen LogP contribution in [-0.2, 0) is 4.74 Å². The van der Waals surface area contributed by atoms with E-state index in [1.807, 2.05) is 0 Å². The summed E-state index contributed by atoms with van der Waals surface area (Å²) in [5.74, 6) is -7.04. The smallest absolute Gasteiger partial charge is 0.204 e. The highest BCUT2D eigenvalue weighted by atomic mass is 19.2. The van der Waals surface area contributed by atoms with Crippen molar-refractivity contribution in [1.29, 1.82) is 0 Å². The van der Waals surface area contributed by atoms with E-state index in [0.717, 1.165) is 26.3 Å². The fraction of sp³-hybridized carbons (Fsp3) is 0.429. The van der Waals surface area contributed by atoms with Crippen LogP contribution in [0.2, 0.25) is 0 Å². The van der Waals surface area contributed by atoms with Crippen LogP contribution in [0.4, 0.5) is 17.6 Å². The molecule has 7 heteroatoms. The van der Waals surface area contributed by atoms with E-state index in [2.05, 4.69) is 4.74 Å². The molecule has 0 aliphatic carbocycles. The number of halogens is 4. The highest BCUT2D eigenvalue weighted by molar-refractivity contribution is 5.53. The Morgan fingerprint density at radius 2 is 1.62 bits per heavy atom. The topological polar surface area (TPSA) is 22.9 Å². The van der Waals surface area contributed by atoms with Gasteiger partial charge in [0.25, 0.3) is 0 Å². The maximum Gasteiger partial charge on any atom is 0.204 e. The fourth-order valence-electron chi connectivity index (χ4n) is 2.16. The average molecular weight is 306 g/mol. The number of nitrogens with one attached hydrogen (secondary N) is 1. The molecule has 0 spiro atoms. The zero-order chi connectivity index (χ0) is 15.4. The fourth-order valence-corrected chi connectivity index (χ4v) is 2.16. The van der Waals surface area contributed by atoms with Crippen molar-refractivity contribution in [2.24, 2.45) is 0 Å². The molecule has 1 fully saturated rings. The van der Waals surface area contributed by atoms with Gasteiger partial charge in [0, 0.05) is 0 Å². The van der Waals surface area contributed by atoms with Crippen LogP contribution in [-0.4, -0.2) is 40.0 Å². The van der Waals surface area contributed by atoms with E-state index in [1.165, 1.54) is 11.0 Å².